The third-order valence-electron chi connectivity index (χ3n) is 3.03. The van der Waals surface area contributed by atoms with Crippen LogP contribution in [0, 0.1) is 0 Å². The molecule has 1 saturated heterocycles. The molecule has 2 unspecified atom stereocenters. The smallest absolute Gasteiger partial charge is 0.235 e. The normalized spacial score (nSPS) is 21.3. The van der Waals surface area contributed by atoms with Gasteiger partial charge in [-0.2, -0.15) is 0 Å². The molecule has 0 bridgehead atoms. The van der Waals surface area contributed by atoms with Gasteiger partial charge in [-0.3, -0.25) is 4.79 Å². The second kappa shape index (κ2) is 7.17. The van der Waals surface area contributed by atoms with Gasteiger partial charge in [-0.25, -0.2) is 0 Å². The zero-order chi connectivity index (χ0) is 12.0. The molecule has 16 heavy (non-hydrogen) atoms. The number of amides is 1. The van der Waals surface area contributed by atoms with Crippen LogP contribution in [0.15, 0.2) is 0 Å². The number of rotatable bonds is 4. The van der Waals surface area contributed by atoms with Gasteiger partial charge in [0, 0.05) is 24.9 Å². The first-order valence-electron chi connectivity index (χ1n) is 6.29. The molecule has 94 valence electrons. The minimum atomic E-state index is 0.0525. The summed E-state index contributed by atoms with van der Waals surface area (Å²) in [7, 11) is 0. The molecule has 2 N–H and O–H groups in total. The zero-order valence-electron chi connectivity index (χ0n) is 10.4. The molecule has 0 radical (unpaired) electrons. The van der Waals surface area contributed by atoms with Crippen molar-refractivity contribution in [3.05, 3.63) is 0 Å². The van der Waals surface area contributed by atoms with Gasteiger partial charge in [0.05, 0.1) is 5.25 Å². The summed E-state index contributed by atoms with van der Waals surface area (Å²) in [5.74, 6) is 0.298. The molecule has 1 heterocycles. The molecule has 1 aliphatic heterocycles. The van der Waals surface area contributed by atoms with Crippen LogP contribution >= 0.6 is 11.8 Å². The Morgan fingerprint density at radius 1 is 1.25 bits per heavy atom. The van der Waals surface area contributed by atoms with Crippen LogP contribution in [0.5, 0.6) is 0 Å². The quantitative estimate of drug-likeness (QED) is 0.821. The van der Waals surface area contributed by atoms with Crippen molar-refractivity contribution in [3.8, 4) is 0 Å². The Labute approximate surface area is 103 Å². The fourth-order valence-corrected chi connectivity index (χ4v) is 3.08. The topological polar surface area (TPSA) is 46.3 Å². The first-order valence-corrected chi connectivity index (χ1v) is 7.23. The van der Waals surface area contributed by atoms with Crippen molar-refractivity contribution < 1.29 is 4.79 Å². The molecule has 0 saturated carbocycles. The van der Waals surface area contributed by atoms with E-state index in [-0.39, 0.29) is 5.25 Å². The standard InChI is InChI=1S/C12H24N2OS/c1-10(9-13)16-11(2)12(15)14-7-5-3-4-6-8-14/h10-11H,3-9,13H2,1-2H3. The second-order valence-corrected chi connectivity index (χ2v) is 6.35. The van der Waals surface area contributed by atoms with E-state index < -0.39 is 0 Å². The summed E-state index contributed by atoms with van der Waals surface area (Å²) in [5.41, 5.74) is 5.58. The maximum Gasteiger partial charge on any atom is 0.235 e. The second-order valence-electron chi connectivity index (χ2n) is 4.56. The highest BCUT2D eigenvalue weighted by Crippen LogP contribution is 2.20. The summed E-state index contributed by atoms with van der Waals surface area (Å²) in [6.45, 7) is 6.62. The molecule has 3 nitrogen and oxygen atoms in total. The Bertz CT molecular complexity index is 215. The molecule has 0 aromatic rings. The summed E-state index contributed by atoms with van der Waals surface area (Å²) in [6, 6.07) is 0. The van der Waals surface area contributed by atoms with Crippen LogP contribution in [0.4, 0.5) is 0 Å². The van der Waals surface area contributed by atoms with Gasteiger partial charge in [-0.15, -0.1) is 11.8 Å². The van der Waals surface area contributed by atoms with E-state index in [1.54, 1.807) is 11.8 Å². The van der Waals surface area contributed by atoms with E-state index in [9.17, 15) is 4.79 Å². The molecule has 1 aliphatic rings. The van der Waals surface area contributed by atoms with Crippen molar-refractivity contribution >= 4 is 17.7 Å². The van der Waals surface area contributed by atoms with E-state index in [1.165, 1.54) is 12.8 Å². The van der Waals surface area contributed by atoms with Gasteiger partial charge in [-0.1, -0.05) is 19.8 Å². The maximum absolute atomic E-state index is 12.2. The van der Waals surface area contributed by atoms with E-state index >= 15 is 0 Å². The van der Waals surface area contributed by atoms with Gasteiger partial charge >= 0.3 is 0 Å². The Morgan fingerprint density at radius 2 is 1.81 bits per heavy atom. The van der Waals surface area contributed by atoms with Crippen LogP contribution in [0.1, 0.15) is 39.5 Å². The lowest BCUT2D eigenvalue weighted by molar-refractivity contribution is -0.130. The van der Waals surface area contributed by atoms with Crippen molar-refractivity contribution in [2.24, 2.45) is 5.73 Å². The lowest BCUT2D eigenvalue weighted by atomic mass is 10.2. The van der Waals surface area contributed by atoms with Crippen LogP contribution in [0.3, 0.4) is 0 Å². The molecule has 1 fully saturated rings. The lowest BCUT2D eigenvalue weighted by Crippen LogP contribution is -2.38. The third kappa shape index (κ3) is 4.34. The van der Waals surface area contributed by atoms with Crippen molar-refractivity contribution in [1.29, 1.82) is 0 Å². The van der Waals surface area contributed by atoms with E-state index in [0.29, 0.717) is 17.7 Å². The van der Waals surface area contributed by atoms with Gasteiger partial charge in [0.25, 0.3) is 0 Å². The minimum absolute atomic E-state index is 0.0525. The highest BCUT2D eigenvalue weighted by molar-refractivity contribution is 8.01. The summed E-state index contributed by atoms with van der Waals surface area (Å²) < 4.78 is 0. The molecule has 4 heteroatoms. The van der Waals surface area contributed by atoms with Crippen LogP contribution in [0.25, 0.3) is 0 Å². The highest BCUT2D eigenvalue weighted by atomic mass is 32.2. The zero-order valence-corrected chi connectivity index (χ0v) is 11.3. The number of nitrogens with zero attached hydrogens (tertiary/aromatic N) is 1. The van der Waals surface area contributed by atoms with Gasteiger partial charge in [0.15, 0.2) is 0 Å². The van der Waals surface area contributed by atoms with Gasteiger partial charge in [0.1, 0.15) is 0 Å². The SMILES string of the molecule is CC(CN)SC(C)C(=O)N1CCCCCC1. The Kier molecular flexibility index (Phi) is 6.21. The Morgan fingerprint density at radius 3 is 2.31 bits per heavy atom. The summed E-state index contributed by atoms with van der Waals surface area (Å²) in [4.78, 5) is 14.2. The highest BCUT2D eigenvalue weighted by Gasteiger charge is 2.22. The fourth-order valence-electron chi connectivity index (χ4n) is 2.01. The number of carbonyl (C=O) groups excluding carboxylic acids is 1. The fraction of sp³-hybridized carbons (Fsp3) is 0.917. The molecule has 0 aromatic carbocycles. The Hall–Kier alpha value is -0.220. The molecule has 0 aliphatic carbocycles. The molecular weight excluding hydrogens is 220 g/mol. The van der Waals surface area contributed by atoms with Crippen molar-refractivity contribution in [1.82, 2.24) is 4.90 Å². The van der Waals surface area contributed by atoms with Crippen molar-refractivity contribution in [3.63, 3.8) is 0 Å². The van der Waals surface area contributed by atoms with Crippen molar-refractivity contribution in [2.75, 3.05) is 19.6 Å². The number of hydrogen-bond acceptors (Lipinski definition) is 3. The van der Waals surface area contributed by atoms with Gasteiger partial charge in [-0.05, 0) is 19.8 Å². The first kappa shape index (κ1) is 13.8. The van der Waals surface area contributed by atoms with Crippen LogP contribution in [0.2, 0.25) is 0 Å². The number of carbonyl (C=O) groups is 1. The van der Waals surface area contributed by atoms with E-state index in [1.807, 2.05) is 11.8 Å². The summed E-state index contributed by atoms with van der Waals surface area (Å²) >= 11 is 1.69. The van der Waals surface area contributed by atoms with Gasteiger partial charge in [0.2, 0.25) is 5.91 Å². The number of likely N-dealkylation sites (tertiary alicyclic amines) is 1. The maximum atomic E-state index is 12.2. The van der Waals surface area contributed by atoms with Gasteiger partial charge < -0.3 is 10.6 Å². The van der Waals surface area contributed by atoms with Crippen LogP contribution < -0.4 is 5.73 Å². The Balaban J connectivity index is 2.41. The minimum Gasteiger partial charge on any atom is -0.342 e. The molecule has 1 amide bonds. The van der Waals surface area contributed by atoms with E-state index in [2.05, 4.69) is 6.92 Å². The number of thioether (sulfide) groups is 1. The average Bonchev–Trinajstić information content (AvgIpc) is 2.56. The van der Waals surface area contributed by atoms with E-state index in [0.717, 1.165) is 25.9 Å². The molecule has 0 spiro atoms. The predicted octanol–water partition coefficient (Wildman–Crippen LogP) is 1.86. The van der Waals surface area contributed by atoms with Crippen LogP contribution in [-0.4, -0.2) is 40.9 Å². The van der Waals surface area contributed by atoms with Crippen molar-refractivity contribution in [2.45, 2.75) is 50.0 Å². The number of hydrogen-bond donors (Lipinski definition) is 1. The van der Waals surface area contributed by atoms with E-state index in [4.69, 9.17) is 5.73 Å². The largest absolute Gasteiger partial charge is 0.342 e. The molecule has 2 atom stereocenters. The molecular formula is C12H24N2OS. The number of nitrogens with two attached hydrogens (primary N) is 1. The predicted molar refractivity (Wildman–Crippen MR) is 70.6 cm³/mol. The first-order chi connectivity index (χ1) is 7.65. The average molecular weight is 244 g/mol. The summed E-state index contributed by atoms with van der Waals surface area (Å²) in [5, 5.41) is 0.419. The van der Waals surface area contributed by atoms with Crippen LogP contribution in [-0.2, 0) is 4.79 Å². The monoisotopic (exact) mass is 244 g/mol. The molecule has 0 aromatic heterocycles. The molecule has 1 rings (SSSR count). The lowest BCUT2D eigenvalue weighted by Gasteiger charge is -2.25. The third-order valence-corrected chi connectivity index (χ3v) is 4.30. The summed E-state index contributed by atoms with van der Waals surface area (Å²) in [6.07, 6.45) is 4.86.